The van der Waals surface area contributed by atoms with Crippen molar-refractivity contribution in [2.45, 2.75) is 0 Å². The first kappa shape index (κ1) is 29.6. The molecule has 0 spiro atoms. The third-order valence-electron chi connectivity index (χ3n) is 10.6. The van der Waals surface area contributed by atoms with Gasteiger partial charge in [0.15, 0.2) is 5.58 Å². The number of rotatable bonds is 5. The van der Waals surface area contributed by atoms with Crippen molar-refractivity contribution in [3.63, 3.8) is 0 Å². The number of benzene rings is 9. The fraction of sp³-hybridized carbons (Fsp3) is 0. The van der Waals surface area contributed by atoms with Gasteiger partial charge in [0.05, 0.1) is 17.1 Å². The fourth-order valence-corrected chi connectivity index (χ4v) is 8.20. The van der Waals surface area contributed by atoms with Crippen LogP contribution in [-0.2, 0) is 0 Å². The third-order valence-corrected chi connectivity index (χ3v) is 10.6. The number of furan rings is 2. The smallest absolute Gasteiger partial charge is 0.159 e. The Hall–Kier alpha value is -7.10. The predicted octanol–water partition coefficient (Wildman–Crippen LogP) is 14.6. The Kier molecular flexibility index (Phi) is 6.55. The molecule has 53 heavy (non-hydrogen) atoms. The lowest BCUT2D eigenvalue weighted by atomic mass is 9.98. The topological polar surface area (TPSA) is 29.5 Å². The molecule has 2 aromatic heterocycles. The quantitative estimate of drug-likeness (QED) is 0.182. The van der Waals surface area contributed by atoms with Gasteiger partial charge in [-0.1, -0.05) is 158 Å². The summed E-state index contributed by atoms with van der Waals surface area (Å²) in [5, 5.41) is 8.82. The van der Waals surface area contributed by atoms with Gasteiger partial charge >= 0.3 is 0 Å². The maximum absolute atomic E-state index is 7.08. The van der Waals surface area contributed by atoms with E-state index in [0.717, 1.165) is 99.4 Å². The molecule has 0 fully saturated rings. The molecule has 0 N–H and O–H groups in total. The highest BCUT2D eigenvalue weighted by molar-refractivity contribution is 6.22. The van der Waals surface area contributed by atoms with E-state index in [0.29, 0.717) is 0 Å². The van der Waals surface area contributed by atoms with Crippen LogP contribution < -0.4 is 4.90 Å². The molecule has 0 saturated heterocycles. The molecule has 3 nitrogen and oxygen atoms in total. The van der Waals surface area contributed by atoms with Crippen LogP contribution in [-0.4, -0.2) is 0 Å². The van der Waals surface area contributed by atoms with Crippen LogP contribution in [0.15, 0.2) is 197 Å². The number of fused-ring (bicyclic) bond motifs is 9. The highest BCUT2D eigenvalue weighted by Gasteiger charge is 2.26. The lowest BCUT2D eigenvalue weighted by Crippen LogP contribution is -2.12. The molecule has 0 atom stereocenters. The SMILES string of the molecule is c1ccc(-c2ccccc2N(c2cc3c4cc5ccccc5cc4oc3c3ccccc23)c2cccc3c2oc2c(-c4ccccc4)cccc23)cc1. The number of hydrogen-bond donors (Lipinski definition) is 0. The van der Waals surface area contributed by atoms with Crippen LogP contribution in [0.1, 0.15) is 0 Å². The van der Waals surface area contributed by atoms with Gasteiger partial charge in [0.25, 0.3) is 0 Å². The van der Waals surface area contributed by atoms with Gasteiger partial charge in [-0.25, -0.2) is 0 Å². The van der Waals surface area contributed by atoms with E-state index in [1.54, 1.807) is 0 Å². The molecule has 9 aromatic carbocycles. The van der Waals surface area contributed by atoms with Gasteiger partial charge in [-0.15, -0.1) is 0 Å². The molecular weight excluding hydrogens is 647 g/mol. The van der Waals surface area contributed by atoms with Gasteiger partial charge in [-0.3, -0.25) is 0 Å². The van der Waals surface area contributed by atoms with E-state index >= 15 is 0 Å². The molecule has 3 heteroatoms. The summed E-state index contributed by atoms with van der Waals surface area (Å²) in [6.45, 7) is 0. The van der Waals surface area contributed by atoms with Gasteiger partial charge in [0, 0.05) is 43.4 Å². The van der Waals surface area contributed by atoms with E-state index in [4.69, 9.17) is 8.83 Å². The second kappa shape index (κ2) is 11.7. The molecule has 0 bridgehead atoms. The number of anilines is 3. The van der Waals surface area contributed by atoms with E-state index in [9.17, 15) is 0 Å². The summed E-state index contributed by atoms with van der Waals surface area (Å²) < 4.78 is 13.8. The van der Waals surface area contributed by atoms with Crippen LogP contribution in [0.25, 0.3) is 87.7 Å². The Morgan fingerprint density at radius 3 is 1.64 bits per heavy atom. The van der Waals surface area contributed by atoms with Gasteiger partial charge < -0.3 is 13.7 Å². The predicted molar refractivity (Wildman–Crippen MR) is 222 cm³/mol. The van der Waals surface area contributed by atoms with Crippen molar-refractivity contribution >= 4 is 82.5 Å². The van der Waals surface area contributed by atoms with E-state index in [1.807, 2.05) is 0 Å². The van der Waals surface area contributed by atoms with Crippen LogP contribution >= 0.6 is 0 Å². The number of hydrogen-bond acceptors (Lipinski definition) is 3. The molecule has 11 aromatic rings. The zero-order valence-corrected chi connectivity index (χ0v) is 28.7. The lowest BCUT2D eigenvalue weighted by molar-refractivity contribution is 0.670. The highest BCUT2D eigenvalue weighted by Crippen LogP contribution is 2.50. The van der Waals surface area contributed by atoms with E-state index in [-0.39, 0.29) is 0 Å². The molecule has 0 unspecified atom stereocenters. The van der Waals surface area contributed by atoms with Crippen molar-refractivity contribution in [1.29, 1.82) is 0 Å². The lowest BCUT2D eigenvalue weighted by Gasteiger charge is -2.29. The average molecular weight is 678 g/mol. The summed E-state index contributed by atoms with van der Waals surface area (Å²) >= 11 is 0. The van der Waals surface area contributed by atoms with Crippen molar-refractivity contribution in [1.82, 2.24) is 0 Å². The Bertz CT molecular complexity index is 3170. The van der Waals surface area contributed by atoms with Crippen molar-refractivity contribution < 1.29 is 8.83 Å². The summed E-state index contributed by atoms with van der Waals surface area (Å²) in [5.74, 6) is 0. The zero-order valence-electron chi connectivity index (χ0n) is 28.7. The monoisotopic (exact) mass is 677 g/mol. The molecule has 11 rings (SSSR count). The second-order valence-corrected chi connectivity index (χ2v) is 13.6. The average Bonchev–Trinajstić information content (AvgIpc) is 3.79. The summed E-state index contributed by atoms with van der Waals surface area (Å²) in [4.78, 5) is 2.40. The fourth-order valence-electron chi connectivity index (χ4n) is 8.20. The molecule has 0 saturated carbocycles. The molecular formula is C50H31NO2. The van der Waals surface area contributed by atoms with Crippen LogP contribution in [0.5, 0.6) is 0 Å². The Morgan fingerprint density at radius 1 is 0.302 bits per heavy atom. The first-order valence-electron chi connectivity index (χ1n) is 18.0. The van der Waals surface area contributed by atoms with E-state index in [1.165, 1.54) is 5.39 Å². The summed E-state index contributed by atoms with van der Waals surface area (Å²) in [5.41, 5.74) is 11.0. The minimum absolute atomic E-state index is 0.834. The van der Waals surface area contributed by atoms with Gasteiger partial charge in [-0.05, 0) is 52.2 Å². The minimum Gasteiger partial charge on any atom is -0.455 e. The molecule has 0 aliphatic rings. The van der Waals surface area contributed by atoms with Crippen molar-refractivity contribution in [2.75, 3.05) is 4.90 Å². The first-order chi connectivity index (χ1) is 26.3. The highest BCUT2D eigenvalue weighted by atomic mass is 16.3. The normalized spacial score (nSPS) is 11.8. The third kappa shape index (κ3) is 4.61. The van der Waals surface area contributed by atoms with Gasteiger partial charge in [-0.2, -0.15) is 0 Å². The molecule has 0 aliphatic heterocycles. The molecule has 248 valence electrons. The summed E-state index contributed by atoms with van der Waals surface area (Å²) in [6.07, 6.45) is 0. The van der Waals surface area contributed by atoms with E-state index < -0.39 is 0 Å². The summed E-state index contributed by atoms with van der Waals surface area (Å²) in [7, 11) is 0. The summed E-state index contributed by atoms with van der Waals surface area (Å²) in [6, 6.07) is 66.6. The minimum atomic E-state index is 0.834. The molecule has 2 heterocycles. The zero-order chi connectivity index (χ0) is 34.9. The van der Waals surface area contributed by atoms with Gasteiger partial charge in [0.2, 0.25) is 0 Å². The first-order valence-corrected chi connectivity index (χ1v) is 18.0. The Labute approximate surface area is 305 Å². The second-order valence-electron chi connectivity index (χ2n) is 13.6. The largest absolute Gasteiger partial charge is 0.455 e. The maximum atomic E-state index is 7.08. The van der Waals surface area contributed by atoms with Crippen LogP contribution in [0.4, 0.5) is 17.1 Å². The Balaban J connectivity index is 1.27. The molecule has 0 radical (unpaired) electrons. The van der Waals surface area contributed by atoms with Crippen molar-refractivity contribution in [2.24, 2.45) is 0 Å². The van der Waals surface area contributed by atoms with Crippen LogP contribution in [0.3, 0.4) is 0 Å². The van der Waals surface area contributed by atoms with Crippen molar-refractivity contribution in [3.05, 3.63) is 188 Å². The van der Waals surface area contributed by atoms with Crippen LogP contribution in [0, 0.1) is 0 Å². The van der Waals surface area contributed by atoms with Gasteiger partial charge in [0.1, 0.15) is 16.7 Å². The van der Waals surface area contributed by atoms with Crippen molar-refractivity contribution in [3.8, 4) is 22.3 Å². The standard InChI is InChI=1S/C50H31NO2/c1-3-15-32(16-4-1)36-21-11-12-27-44(36)51(45-28-14-26-41-40-25-13-24-37(48(40)53-50(41)45)33-17-5-2-6-18-33)46-31-43-42-29-34-19-7-8-20-35(34)30-47(42)52-49(43)39-23-10-9-22-38(39)46/h1-31H. The maximum Gasteiger partial charge on any atom is 0.159 e. The number of nitrogens with zero attached hydrogens (tertiary/aromatic N) is 1. The van der Waals surface area contributed by atoms with E-state index in [2.05, 4.69) is 193 Å². The molecule has 0 aliphatic carbocycles. The van der Waals surface area contributed by atoms with Crippen LogP contribution in [0.2, 0.25) is 0 Å². The Morgan fingerprint density at radius 2 is 0.849 bits per heavy atom. The number of para-hydroxylation sites is 3. The molecule has 0 amide bonds.